The molecule has 0 spiro atoms. The van der Waals surface area contributed by atoms with Crippen molar-refractivity contribution in [3.05, 3.63) is 35.9 Å². The minimum atomic E-state index is 0.0405. The molecule has 0 aliphatic rings. The average Bonchev–Trinajstić information content (AvgIpc) is 2.73. The van der Waals surface area contributed by atoms with Crippen molar-refractivity contribution in [3.8, 4) is 0 Å². The summed E-state index contributed by atoms with van der Waals surface area (Å²) >= 11 is 0. The van der Waals surface area contributed by atoms with E-state index in [0.29, 0.717) is 5.82 Å². The summed E-state index contributed by atoms with van der Waals surface area (Å²) in [6.45, 7) is 3.92. The third-order valence-corrected chi connectivity index (χ3v) is 2.21. The van der Waals surface area contributed by atoms with Gasteiger partial charge in [0, 0.05) is 6.07 Å². The van der Waals surface area contributed by atoms with E-state index in [1.54, 1.807) is 10.9 Å². The molecule has 0 aromatic carbocycles. The summed E-state index contributed by atoms with van der Waals surface area (Å²) in [7, 11) is 0. The van der Waals surface area contributed by atoms with Crippen LogP contribution in [-0.2, 0) is 0 Å². The highest BCUT2D eigenvalue weighted by Crippen LogP contribution is 2.20. The van der Waals surface area contributed by atoms with E-state index in [1.807, 2.05) is 32.0 Å². The first-order valence-corrected chi connectivity index (χ1v) is 4.53. The largest absolute Gasteiger partial charge is 0.467 e. The fraction of sp³-hybridized carbons (Fsp3) is 0.300. The van der Waals surface area contributed by atoms with Crippen LogP contribution < -0.4 is 5.73 Å². The fourth-order valence-corrected chi connectivity index (χ4v) is 1.50. The molecule has 4 nitrogen and oxygen atoms in total. The number of nitrogens with two attached hydrogens (primary N) is 1. The van der Waals surface area contributed by atoms with Gasteiger partial charge in [-0.1, -0.05) is 0 Å². The first-order chi connectivity index (χ1) is 6.68. The lowest BCUT2D eigenvalue weighted by atomic mass is 10.2. The van der Waals surface area contributed by atoms with E-state index in [-0.39, 0.29) is 6.04 Å². The molecule has 0 aliphatic heterocycles. The van der Waals surface area contributed by atoms with E-state index in [2.05, 4.69) is 5.10 Å². The van der Waals surface area contributed by atoms with Crippen LogP contribution in [0.5, 0.6) is 0 Å². The Morgan fingerprint density at radius 3 is 2.86 bits per heavy atom. The molecular formula is C10H13N3O. The van der Waals surface area contributed by atoms with Crippen molar-refractivity contribution in [2.45, 2.75) is 19.9 Å². The lowest BCUT2D eigenvalue weighted by Gasteiger charge is -2.10. The maximum absolute atomic E-state index is 5.81. The maximum atomic E-state index is 5.81. The highest BCUT2D eigenvalue weighted by molar-refractivity contribution is 5.31. The molecule has 0 aliphatic carbocycles. The van der Waals surface area contributed by atoms with Gasteiger partial charge in [-0.25, -0.2) is 4.68 Å². The van der Waals surface area contributed by atoms with Gasteiger partial charge in [0.2, 0.25) is 0 Å². The topological polar surface area (TPSA) is 57.0 Å². The highest BCUT2D eigenvalue weighted by Gasteiger charge is 2.13. The van der Waals surface area contributed by atoms with Crippen molar-refractivity contribution in [2.24, 2.45) is 0 Å². The van der Waals surface area contributed by atoms with Gasteiger partial charge in [-0.05, 0) is 26.0 Å². The van der Waals surface area contributed by atoms with Crippen LogP contribution in [0.4, 0.5) is 5.82 Å². The molecule has 0 amide bonds. The molecule has 0 bridgehead atoms. The summed E-state index contributed by atoms with van der Waals surface area (Å²) in [6.07, 6.45) is 1.65. The van der Waals surface area contributed by atoms with Crippen molar-refractivity contribution < 1.29 is 4.42 Å². The number of anilines is 1. The van der Waals surface area contributed by atoms with Gasteiger partial charge < -0.3 is 10.2 Å². The molecule has 0 saturated carbocycles. The van der Waals surface area contributed by atoms with Crippen LogP contribution in [0.25, 0.3) is 0 Å². The van der Waals surface area contributed by atoms with Crippen LogP contribution in [0, 0.1) is 6.92 Å². The van der Waals surface area contributed by atoms with E-state index in [4.69, 9.17) is 10.2 Å². The van der Waals surface area contributed by atoms with Gasteiger partial charge in [0.1, 0.15) is 17.6 Å². The third kappa shape index (κ3) is 1.39. The van der Waals surface area contributed by atoms with Crippen LogP contribution in [-0.4, -0.2) is 9.78 Å². The maximum Gasteiger partial charge on any atom is 0.128 e. The van der Waals surface area contributed by atoms with E-state index in [1.165, 1.54) is 0 Å². The minimum absolute atomic E-state index is 0.0405. The van der Waals surface area contributed by atoms with Gasteiger partial charge >= 0.3 is 0 Å². The molecule has 2 rings (SSSR count). The smallest absolute Gasteiger partial charge is 0.128 e. The lowest BCUT2D eigenvalue weighted by molar-refractivity contribution is 0.427. The summed E-state index contributed by atoms with van der Waals surface area (Å²) < 4.78 is 7.06. The van der Waals surface area contributed by atoms with Crippen molar-refractivity contribution in [1.82, 2.24) is 9.78 Å². The van der Waals surface area contributed by atoms with Crippen LogP contribution in [0.3, 0.4) is 0 Å². The van der Waals surface area contributed by atoms with E-state index in [9.17, 15) is 0 Å². The monoisotopic (exact) mass is 191 g/mol. The molecule has 1 unspecified atom stereocenters. The molecule has 74 valence electrons. The van der Waals surface area contributed by atoms with E-state index >= 15 is 0 Å². The summed E-state index contributed by atoms with van der Waals surface area (Å²) in [5.74, 6) is 1.52. The Hall–Kier alpha value is -1.71. The van der Waals surface area contributed by atoms with Crippen molar-refractivity contribution >= 4 is 5.82 Å². The molecule has 2 aromatic heterocycles. The zero-order chi connectivity index (χ0) is 10.1. The van der Waals surface area contributed by atoms with Crippen LogP contribution in [0.2, 0.25) is 0 Å². The zero-order valence-corrected chi connectivity index (χ0v) is 8.27. The Bertz CT molecular complexity index is 417. The number of furan rings is 1. The Kier molecular flexibility index (Phi) is 2.04. The normalized spacial score (nSPS) is 13.0. The first-order valence-electron chi connectivity index (χ1n) is 4.53. The van der Waals surface area contributed by atoms with E-state index in [0.717, 1.165) is 11.5 Å². The molecule has 2 N–H and O–H groups in total. The predicted molar refractivity (Wildman–Crippen MR) is 53.9 cm³/mol. The summed E-state index contributed by atoms with van der Waals surface area (Å²) in [6, 6.07) is 5.66. The number of rotatable bonds is 2. The molecule has 2 aromatic rings. The van der Waals surface area contributed by atoms with Crippen LogP contribution >= 0.6 is 0 Å². The van der Waals surface area contributed by atoms with Gasteiger partial charge in [0.15, 0.2) is 0 Å². The predicted octanol–water partition coefficient (Wildman–Crippen LogP) is 1.98. The Labute approximate surface area is 82.3 Å². The van der Waals surface area contributed by atoms with Gasteiger partial charge in [-0.3, -0.25) is 0 Å². The van der Waals surface area contributed by atoms with Gasteiger partial charge in [0.05, 0.1) is 12.0 Å². The standard InChI is InChI=1S/C10H13N3O/c1-7-6-10(11)13(12-7)8(2)9-4-3-5-14-9/h3-6,8H,11H2,1-2H3. The minimum Gasteiger partial charge on any atom is -0.467 e. The van der Waals surface area contributed by atoms with E-state index < -0.39 is 0 Å². The number of aryl methyl sites for hydroxylation is 1. The summed E-state index contributed by atoms with van der Waals surface area (Å²) in [5, 5.41) is 4.30. The summed E-state index contributed by atoms with van der Waals surface area (Å²) in [5.41, 5.74) is 6.72. The number of hydrogen-bond donors (Lipinski definition) is 1. The lowest BCUT2D eigenvalue weighted by Crippen LogP contribution is -2.10. The van der Waals surface area contributed by atoms with Gasteiger partial charge in [-0.15, -0.1) is 0 Å². The molecular weight excluding hydrogens is 178 g/mol. The second-order valence-corrected chi connectivity index (χ2v) is 3.35. The Morgan fingerprint density at radius 2 is 2.36 bits per heavy atom. The fourth-order valence-electron chi connectivity index (χ4n) is 1.50. The molecule has 4 heteroatoms. The number of nitrogens with zero attached hydrogens (tertiary/aromatic N) is 2. The zero-order valence-electron chi connectivity index (χ0n) is 8.27. The summed E-state index contributed by atoms with van der Waals surface area (Å²) in [4.78, 5) is 0. The Balaban J connectivity index is 2.36. The third-order valence-electron chi connectivity index (χ3n) is 2.21. The Morgan fingerprint density at radius 1 is 1.57 bits per heavy atom. The average molecular weight is 191 g/mol. The van der Waals surface area contributed by atoms with Crippen LogP contribution in [0.1, 0.15) is 24.4 Å². The molecule has 0 saturated heterocycles. The van der Waals surface area contributed by atoms with Gasteiger partial charge in [-0.2, -0.15) is 5.10 Å². The second kappa shape index (κ2) is 3.21. The molecule has 1 atom stereocenters. The molecule has 2 heterocycles. The van der Waals surface area contributed by atoms with Crippen molar-refractivity contribution in [2.75, 3.05) is 5.73 Å². The molecule has 0 radical (unpaired) electrons. The highest BCUT2D eigenvalue weighted by atomic mass is 16.3. The van der Waals surface area contributed by atoms with Crippen molar-refractivity contribution in [3.63, 3.8) is 0 Å². The van der Waals surface area contributed by atoms with Gasteiger partial charge in [0.25, 0.3) is 0 Å². The molecule has 0 fully saturated rings. The first kappa shape index (κ1) is 8.87. The van der Waals surface area contributed by atoms with Crippen molar-refractivity contribution in [1.29, 1.82) is 0 Å². The SMILES string of the molecule is Cc1cc(N)n(C(C)c2ccco2)n1. The quantitative estimate of drug-likeness (QED) is 0.789. The second-order valence-electron chi connectivity index (χ2n) is 3.35. The van der Waals surface area contributed by atoms with Crippen LogP contribution in [0.15, 0.2) is 28.9 Å². The number of aromatic nitrogens is 2. The number of nitrogen functional groups attached to an aromatic ring is 1. The number of hydrogen-bond acceptors (Lipinski definition) is 3. The molecule has 14 heavy (non-hydrogen) atoms.